The van der Waals surface area contributed by atoms with Gasteiger partial charge in [0.25, 0.3) is 0 Å². The number of halogens is 10. The van der Waals surface area contributed by atoms with Crippen LogP contribution in [0.2, 0.25) is 0 Å². The number of rotatable bonds is 5. The number of ether oxygens (including phenoxy) is 2. The first-order valence-electron chi connectivity index (χ1n) is 11.7. The summed E-state index contributed by atoms with van der Waals surface area (Å²) in [5, 5.41) is 18.7. The van der Waals surface area contributed by atoms with Crippen molar-refractivity contribution in [2.24, 2.45) is 0 Å². The number of carbonyl (C=O) groups excluding carboxylic acids is 1. The van der Waals surface area contributed by atoms with Crippen LogP contribution in [0.4, 0.5) is 43.9 Å². The molecule has 4 rings (SSSR count). The molecule has 0 radical (unpaired) electrons. The van der Waals surface area contributed by atoms with Gasteiger partial charge in [0.15, 0.2) is 29.0 Å². The second kappa shape index (κ2) is 11.6. The molecule has 0 saturated carbocycles. The van der Waals surface area contributed by atoms with Gasteiger partial charge in [0, 0.05) is 11.6 Å². The SMILES string of the molecule is N#C/C(=C1/C=C(Oc2ccc(C(F)(F)F)cc2)C(=O)C=C1Oc1ccc(C(F)(F)F)cc1)c1c(F)c(F)c(C#N)c(F)c1F. The zero-order chi connectivity index (χ0) is 32.6. The van der Waals surface area contributed by atoms with Gasteiger partial charge >= 0.3 is 12.4 Å². The Morgan fingerprint density at radius 1 is 0.636 bits per heavy atom. The van der Waals surface area contributed by atoms with Crippen molar-refractivity contribution in [3.63, 3.8) is 0 Å². The Labute approximate surface area is 239 Å². The molecule has 3 aromatic carbocycles. The molecule has 15 heteroatoms. The maximum absolute atomic E-state index is 15.0. The molecule has 1 aliphatic rings. The number of nitrogens with zero attached hydrogens (tertiary/aromatic N) is 2. The van der Waals surface area contributed by atoms with E-state index in [1.54, 1.807) is 0 Å². The largest absolute Gasteiger partial charge is 0.457 e. The molecule has 0 unspecified atom stereocenters. The molecule has 0 bridgehead atoms. The molecule has 0 saturated heterocycles. The third kappa shape index (κ3) is 6.12. The van der Waals surface area contributed by atoms with E-state index >= 15 is 0 Å². The first kappa shape index (κ1) is 31.4. The molecule has 44 heavy (non-hydrogen) atoms. The Bertz CT molecular complexity index is 1810. The molecular formula is C29H10F10N2O3. The van der Waals surface area contributed by atoms with Crippen LogP contribution in [-0.2, 0) is 17.1 Å². The summed E-state index contributed by atoms with van der Waals surface area (Å²) in [6.45, 7) is 0. The van der Waals surface area contributed by atoms with Gasteiger partial charge in [-0.3, -0.25) is 4.79 Å². The van der Waals surface area contributed by atoms with Crippen molar-refractivity contribution < 1.29 is 58.2 Å². The topological polar surface area (TPSA) is 83.1 Å². The van der Waals surface area contributed by atoms with Crippen LogP contribution in [0.25, 0.3) is 5.57 Å². The van der Waals surface area contributed by atoms with Crippen LogP contribution in [-0.4, -0.2) is 5.78 Å². The van der Waals surface area contributed by atoms with E-state index in [0.717, 1.165) is 30.3 Å². The first-order chi connectivity index (χ1) is 20.6. The van der Waals surface area contributed by atoms with Crippen LogP contribution >= 0.6 is 0 Å². The molecule has 0 amide bonds. The normalized spacial score (nSPS) is 14.7. The Morgan fingerprint density at radius 3 is 1.45 bits per heavy atom. The summed E-state index contributed by atoms with van der Waals surface area (Å²) in [6, 6.07) is 7.80. The molecule has 0 N–H and O–H groups in total. The van der Waals surface area contributed by atoms with Crippen molar-refractivity contribution in [3.8, 4) is 23.6 Å². The molecule has 1 aliphatic carbocycles. The molecule has 0 aromatic heterocycles. The average molecular weight is 624 g/mol. The summed E-state index contributed by atoms with van der Waals surface area (Å²) in [7, 11) is 0. The zero-order valence-corrected chi connectivity index (χ0v) is 21.2. The van der Waals surface area contributed by atoms with Crippen LogP contribution in [0, 0.1) is 45.9 Å². The molecule has 5 nitrogen and oxygen atoms in total. The molecule has 3 aromatic rings. The number of alkyl halides is 6. The van der Waals surface area contributed by atoms with Crippen molar-refractivity contribution in [1.82, 2.24) is 0 Å². The molecule has 224 valence electrons. The lowest BCUT2D eigenvalue weighted by Gasteiger charge is -2.20. The molecule has 0 aliphatic heterocycles. The third-order valence-electron chi connectivity index (χ3n) is 5.87. The summed E-state index contributed by atoms with van der Waals surface area (Å²) in [5.74, 6) is -12.1. The molecular weight excluding hydrogens is 614 g/mol. The van der Waals surface area contributed by atoms with Gasteiger partial charge in [-0.1, -0.05) is 0 Å². The minimum atomic E-state index is -4.75. The fourth-order valence-electron chi connectivity index (χ4n) is 3.78. The quantitative estimate of drug-likeness (QED) is 0.164. The molecule has 0 heterocycles. The lowest BCUT2D eigenvalue weighted by atomic mass is 9.93. The minimum Gasteiger partial charge on any atom is -0.457 e. The van der Waals surface area contributed by atoms with Crippen molar-refractivity contribution in [1.29, 1.82) is 10.5 Å². The second-order valence-corrected chi connectivity index (χ2v) is 8.65. The second-order valence-electron chi connectivity index (χ2n) is 8.65. The van der Waals surface area contributed by atoms with E-state index in [0.29, 0.717) is 36.4 Å². The molecule has 0 fully saturated rings. The number of hydrogen-bond acceptors (Lipinski definition) is 5. The fraction of sp³-hybridized carbons (Fsp3) is 0.0690. The number of hydrogen-bond donors (Lipinski definition) is 0. The lowest BCUT2D eigenvalue weighted by Crippen LogP contribution is -2.17. The average Bonchev–Trinajstić information content (AvgIpc) is 2.96. The predicted molar refractivity (Wildman–Crippen MR) is 129 cm³/mol. The maximum Gasteiger partial charge on any atom is 0.416 e. The van der Waals surface area contributed by atoms with Gasteiger partial charge in [-0.25, -0.2) is 17.6 Å². The fourth-order valence-corrected chi connectivity index (χ4v) is 3.78. The van der Waals surface area contributed by atoms with Crippen LogP contribution in [0.1, 0.15) is 22.3 Å². The van der Waals surface area contributed by atoms with E-state index in [2.05, 4.69) is 0 Å². The van der Waals surface area contributed by atoms with E-state index in [1.807, 2.05) is 0 Å². The number of ketones is 1. The zero-order valence-electron chi connectivity index (χ0n) is 21.2. The van der Waals surface area contributed by atoms with Gasteiger partial charge in [0.2, 0.25) is 5.78 Å². The standard InChI is InChI=1S/C29H10F10N2O3/c30-24-19(12-41)25(31)27(33)23(26(24)32)18(11-40)17-9-22(44-16-7-3-14(4-8-16)29(37,38)39)20(42)10-21(17)43-15-5-1-13(2-6-15)28(34,35)36/h1-10H/b18-17+. The third-order valence-corrected chi connectivity index (χ3v) is 5.87. The molecule has 0 atom stereocenters. The van der Waals surface area contributed by atoms with E-state index in [4.69, 9.17) is 14.7 Å². The molecule has 0 spiro atoms. The number of allylic oxidation sites excluding steroid dienone is 3. The summed E-state index contributed by atoms with van der Waals surface area (Å²) < 4.78 is 147. The summed E-state index contributed by atoms with van der Waals surface area (Å²) in [6.07, 6.45) is -8.30. The van der Waals surface area contributed by atoms with Crippen molar-refractivity contribution in [2.75, 3.05) is 0 Å². The number of carbonyl (C=O) groups is 1. The van der Waals surface area contributed by atoms with Crippen LogP contribution in [0.3, 0.4) is 0 Å². The van der Waals surface area contributed by atoms with Crippen molar-refractivity contribution >= 4 is 11.4 Å². The Morgan fingerprint density at radius 2 is 1.07 bits per heavy atom. The highest BCUT2D eigenvalue weighted by atomic mass is 19.4. The van der Waals surface area contributed by atoms with Crippen molar-refractivity contribution in [2.45, 2.75) is 12.4 Å². The smallest absolute Gasteiger partial charge is 0.416 e. The minimum absolute atomic E-state index is 0.358. The van der Waals surface area contributed by atoms with E-state index in [1.165, 1.54) is 6.07 Å². The van der Waals surface area contributed by atoms with E-state index in [-0.39, 0.29) is 5.75 Å². The highest BCUT2D eigenvalue weighted by Gasteiger charge is 2.34. The summed E-state index contributed by atoms with van der Waals surface area (Å²) >= 11 is 0. The number of benzene rings is 3. The van der Waals surface area contributed by atoms with Gasteiger partial charge < -0.3 is 9.47 Å². The summed E-state index contributed by atoms with van der Waals surface area (Å²) in [5.41, 5.74) is -7.48. The Balaban J connectivity index is 1.89. The van der Waals surface area contributed by atoms with Crippen LogP contribution in [0.5, 0.6) is 11.5 Å². The lowest BCUT2D eigenvalue weighted by molar-refractivity contribution is -0.138. The summed E-state index contributed by atoms with van der Waals surface area (Å²) in [4.78, 5) is 12.8. The monoisotopic (exact) mass is 624 g/mol. The van der Waals surface area contributed by atoms with Crippen molar-refractivity contribution in [3.05, 3.63) is 123 Å². The first-order valence-corrected chi connectivity index (χ1v) is 11.7. The highest BCUT2D eigenvalue weighted by molar-refractivity contribution is 6.07. The van der Waals surface area contributed by atoms with Gasteiger partial charge in [-0.15, -0.1) is 0 Å². The highest BCUT2D eigenvalue weighted by Crippen LogP contribution is 2.37. The Kier molecular flexibility index (Phi) is 8.27. The predicted octanol–water partition coefficient (Wildman–Crippen LogP) is 7.94. The van der Waals surface area contributed by atoms with E-state index in [9.17, 15) is 54.0 Å². The van der Waals surface area contributed by atoms with Gasteiger partial charge in [0.1, 0.15) is 35.0 Å². The number of nitriles is 2. The Hall–Kier alpha value is -5.57. The van der Waals surface area contributed by atoms with Crippen LogP contribution < -0.4 is 9.47 Å². The van der Waals surface area contributed by atoms with Gasteiger partial charge in [-0.2, -0.15) is 36.9 Å². The van der Waals surface area contributed by atoms with Crippen LogP contribution in [0.15, 0.2) is 77.8 Å². The van der Waals surface area contributed by atoms with E-state index < -0.39 is 92.1 Å². The van der Waals surface area contributed by atoms with Gasteiger partial charge in [0.05, 0.1) is 22.3 Å². The van der Waals surface area contributed by atoms with Gasteiger partial charge in [-0.05, 0) is 54.6 Å². The maximum atomic E-state index is 15.0.